The third kappa shape index (κ3) is 5.55. The molecule has 3 rings (SSSR count). The Morgan fingerprint density at radius 3 is 2.18 bits per heavy atom. The van der Waals surface area contributed by atoms with E-state index in [2.05, 4.69) is 15.0 Å². The molecule has 0 saturated carbocycles. The predicted molar refractivity (Wildman–Crippen MR) is 111 cm³/mol. The Labute approximate surface area is 168 Å². The first kappa shape index (κ1) is 19.9. The third-order valence-corrected chi connectivity index (χ3v) is 4.81. The van der Waals surface area contributed by atoms with Crippen molar-refractivity contribution in [3.8, 4) is 0 Å². The fourth-order valence-corrected chi connectivity index (χ4v) is 3.44. The first-order chi connectivity index (χ1) is 13.3. The lowest BCUT2D eigenvalue weighted by atomic mass is 10.1. The maximum atomic E-state index is 12.5. The van der Waals surface area contributed by atoms with Gasteiger partial charge in [-0.15, -0.1) is 0 Å². The number of pyridine rings is 1. The zero-order valence-corrected chi connectivity index (χ0v) is 16.6. The van der Waals surface area contributed by atoms with Gasteiger partial charge in [-0.25, -0.2) is 8.42 Å². The lowest BCUT2D eigenvalue weighted by molar-refractivity contribution is 0.102. The molecule has 6 nitrogen and oxygen atoms in total. The molecule has 0 radical (unpaired) electrons. The van der Waals surface area contributed by atoms with Crippen molar-refractivity contribution in [1.29, 1.82) is 0 Å². The Balaban J connectivity index is 1.67. The molecule has 1 amide bonds. The number of amides is 1. The van der Waals surface area contributed by atoms with E-state index < -0.39 is 10.0 Å². The lowest BCUT2D eigenvalue weighted by Crippen LogP contribution is -2.13. The highest BCUT2D eigenvalue weighted by Crippen LogP contribution is 2.23. The maximum Gasteiger partial charge on any atom is 0.257 e. The summed E-state index contributed by atoms with van der Waals surface area (Å²) in [5.41, 5.74) is 3.45. The molecule has 0 saturated heterocycles. The lowest BCUT2D eigenvalue weighted by Gasteiger charge is -2.10. The van der Waals surface area contributed by atoms with Gasteiger partial charge >= 0.3 is 0 Å². The van der Waals surface area contributed by atoms with Gasteiger partial charge in [0, 0.05) is 23.8 Å². The van der Waals surface area contributed by atoms with E-state index in [-0.39, 0.29) is 16.5 Å². The van der Waals surface area contributed by atoms with Crippen molar-refractivity contribution < 1.29 is 13.2 Å². The molecule has 0 bridgehead atoms. The largest absolute Gasteiger partial charge is 0.322 e. The molecule has 3 aromatic rings. The number of anilines is 2. The summed E-state index contributed by atoms with van der Waals surface area (Å²) in [7, 11) is -3.42. The monoisotopic (exact) mass is 415 g/mol. The fourth-order valence-electron chi connectivity index (χ4n) is 2.62. The molecule has 0 aliphatic rings. The number of benzene rings is 2. The second-order valence-corrected chi connectivity index (χ2v) is 8.41. The van der Waals surface area contributed by atoms with Gasteiger partial charge in [0.05, 0.1) is 16.8 Å². The molecule has 144 valence electrons. The van der Waals surface area contributed by atoms with E-state index in [0.717, 1.165) is 23.8 Å². The van der Waals surface area contributed by atoms with Crippen LogP contribution in [0, 0.1) is 0 Å². The van der Waals surface area contributed by atoms with Crippen molar-refractivity contribution in [3.63, 3.8) is 0 Å². The number of nitrogens with one attached hydrogen (secondary N) is 2. The summed E-state index contributed by atoms with van der Waals surface area (Å²) >= 11 is 6.13. The Morgan fingerprint density at radius 1 is 0.964 bits per heavy atom. The van der Waals surface area contributed by atoms with Gasteiger partial charge in [-0.3, -0.25) is 14.5 Å². The highest BCUT2D eigenvalue weighted by molar-refractivity contribution is 7.92. The number of rotatable bonds is 6. The van der Waals surface area contributed by atoms with E-state index in [4.69, 9.17) is 11.6 Å². The van der Waals surface area contributed by atoms with Gasteiger partial charge in [0.25, 0.3) is 5.91 Å². The standard InChI is InChI=1S/C20H18ClN3O3S/c1-28(26,27)24-17-6-7-18(19(21)13-17)20(25)23-16-4-2-14(3-5-16)12-15-8-10-22-11-9-15/h2-11,13,24H,12H2,1H3,(H,23,25). The summed E-state index contributed by atoms with van der Waals surface area (Å²) in [6, 6.07) is 15.8. The summed E-state index contributed by atoms with van der Waals surface area (Å²) in [5.74, 6) is -0.377. The van der Waals surface area contributed by atoms with Gasteiger partial charge in [-0.2, -0.15) is 0 Å². The molecule has 0 aliphatic heterocycles. The normalized spacial score (nSPS) is 11.1. The molecule has 2 N–H and O–H groups in total. The van der Waals surface area contributed by atoms with Crippen molar-refractivity contribution in [2.45, 2.75) is 6.42 Å². The zero-order valence-electron chi connectivity index (χ0n) is 15.0. The summed E-state index contributed by atoms with van der Waals surface area (Å²) in [6.07, 6.45) is 5.33. The van der Waals surface area contributed by atoms with E-state index in [1.54, 1.807) is 12.4 Å². The molecule has 1 heterocycles. The van der Waals surface area contributed by atoms with Crippen LogP contribution in [0.15, 0.2) is 67.0 Å². The van der Waals surface area contributed by atoms with Crippen LogP contribution in [0.5, 0.6) is 0 Å². The van der Waals surface area contributed by atoms with E-state index in [1.165, 1.54) is 18.2 Å². The van der Waals surface area contributed by atoms with E-state index in [1.807, 2.05) is 36.4 Å². The van der Waals surface area contributed by atoms with Crippen LogP contribution in [0.3, 0.4) is 0 Å². The smallest absolute Gasteiger partial charge is 0.257 e. The number of hydrogen-bond donors (Lipinski definition) is 2. The summed E-state index contributed by atoms with van der Waals surface area (Å²) in [6.45, 7) is 0. The van der Waals surface area contributed by atoms with Gasteiger partial charge in [-0.1, -0.05) is 23.7 Å². The molecule has 28 heavy (non-hydrogen) atoms. The minimum Gasteiger partial charge on any atom is -0.322 e. The van der Waals surface area contributed by atoms with Crippen molar-refractivity contribution >= 4 is 38.9 Å². The molecule has 0 fully saturated rings. The van der Waals surface area contributed by atoms with Gasteiger partial charge < -0.3 is 5.32 Å². The summed E-state index contributed by atoms with van der Waals surface area (Å²) in [4.78, 5) is 16.5. The highest BCUT2D eigenvalue weighted by atomic mass is 35.5. The van der Waals surface area contributed by atoms with Crippen LogP contribution in [-0.4, -0.2) is 25.6 Å². The molecular weight excluding hydrogens is 398 g/mol. The van der Waals surface area contributed by atoms with Crippen LogP contribution in [0.1, 0.15) is 21.5 Å². The van der Waals surface area contributed by atoms with Crippen LogP contribution in [0.4, 0.5) is 11.4 Å². The summed E-state index contributed by atoms with van der Waals surface area (Å²) < 4.78 is 24.9. The van der Waals surface area contributed by atoms with Gasteiger partial charge in [0.2, 0.25) is 10.0 Å². The van der Waals surface area contributed by atoms with Crippen molar-refractivity contribution in [1.82, 2.24) is 4.98 Å². The molecule has 2 aromatic carbocycles. The fraction of sp³-hybridized carbons (Fsp3) is 0.100. The Kier molecular flexibility index (Phi) is 5.96. The number of hydrogen-bond acceptors (Lipinski definition) is 4. The van der Waals surface area contributed by atoms with Crippen molar-refractivity contribution in [2.75, 3.05) is 16.3 Å². The topological polar surface area (TPSA) is 88.2 Å². The van der Waals surface area contributed by atoms with Gasteiger partial charge in [0.15, 0.2) is 0 Å². The third-order valence-electron chi connectivity index (χ3n) is 3.89. The van der Waals surface area contributed by atoms with Crippen LogP contribution in [0.2, 0.25) is 5.02 Å². The highest BCUT2D eigenvalue weighted by Gasteiger charge is 2.12. The number of carbonyl (C=O) groups is 1. The first-order valence-corrected chi connectivity index (χ1v) is 10.6. The Morgan fingerprint density at radius 2 is 1.57 bits per heavy atom. The SMILES string of the molecule is CS(=O)(=O)Nc1ccc(C(=O)Nc2ccc(Cc3ccncc3)cc2)c(Cl)c1. The molecule has 1 aromatic heterocycles. The van der Waals surface area contributed by atoms with Gasteiger partial charge in [0.1, 0.15) is 0 Å². The van der Waals surface area contributed by atoms with Crippen molar-refractivity contribution in [3.05, 3.63) is 88.7 Å². The average molecular weight is 416 g/mol. The van der Waals surface area contributed by atoms with Crippen LogP contribution in [0.25, 0.3) is 0 Å². The number of nitrogens with zero attached hydrogens (tertiary/aromatic N) is 1. The Hall–Kier alpha value is -2.90. The number of halogens is 1. The molecule has 0 unspecified atom stereocenters. The molecule has 0 spiro atoms. The van der Waals surface area contributed by atoms with E-state index >= 15 is 0 Å². The van der Waals surface area contributed by atoms with E-state index in [0.29, 0.717) is 11.4 Å². The van der Waals surface area contributed by atoms with Crippen LogP contribution >= 0.6 is 11.6 Å². The molecule has 0 aliphatic carbocycles. The number of aromatic nitrogens is 1. The maximum absolute atomic E-state index is 12.5. The average Bonchev–Trinajstić information content (AvgIpc) is 2.63. The molecular formula is C20H18ClN3O3S. The second-order valence-electron chi connectivity index (χ2n) is 6.25. The minimum atomic E-state index is -3.42. The molecule has 0 atom stereocenters. The van der Waals surface area contributed by atoms with Crippen molar-refractivity contribution in [2.24, 2.45) is 0 Å². The van der Waals surface area contributed by atoms with E-state index in [9.17, 15) is 13.2 Å². The second kappa shape index (κ2) is 8.41. The van der Waals surface area contributed by atoms with Gasteiger partial charge in [-0.05, 0) is 60.0 Å². The Bertz CT molecular complexity index is 1090. The van der Waals surface area contributed by atoms with Crippen LogP contribution < -0.4 is 10.0 Å². The first-order valence-electron chi connectivity index (χ1n) is 8.37. The zero-order chi connectivity index (χ0) is 20.1. The predicted octanol–water partition coefficient (Wildman–Crippen LogP) is 3.95. The quantitative estimate of drug-likeness (QED) is 0.638. The number of sulfonamides is 1. The minimum absolute atomic E-state index is 0.153. The molecule has 8 heteroatoms. The number of carbonyl (C=O) groups excluding carboxylic acids is 1. The van der Waals surface area contributed by atoms with Crippen LogP contribution in [-0.2, 0) is 16.4 Å². The summed E-state index contributed by atoms with van der Waals surface area (Å²) in [5, 5.41) is 2.94.